The molecule has 1 heterocycles. The molecule has 1 aromatic heterocycles. The van der Waals surface area contributed by atoms with Gasteiger partial charge in [-0.25, -0.2) is 0 Å². The van der Waals surface area contributed by atoms with Gasteiger partial charge in [-0.1, -0.05) is 43.2 Å². The zero-order valence-electron chi connectivity index (χ0n) is 20.0. The number of rotatable bonds is 10. The molecule has 1 N–H and O–H groups in total. The van der Waals surface area contributed by atoms with Crippen LogP contribution >= 0.6 is 11.8 Å². The molecule has 1 fully saturated rings. The Kier molecular flexibility index (Phi) is 9.17. The van der Waals surface area contributed by atoms with Crippen LogP contribution in [0.4, 0.5) is 0 Å². The first-order valence-electron chi connectivity index (χ1n) is 11.7. The average Bonchev–Trinajstić information content (AvgIpc) is 3.26. The van der Waals surface area contributed by atoms with E-state index in [1.54, 1.807) is 7.11 Å². The third kappa shape index (κ3) is 6.72. The van der Waals surface area contributed by atoms with Crippen LogP contribution in [-0.2, 0) is 22.6 Å². The van der Waals surface area contributed by atoms with Crippen LogP contribution in [-0.4, -0.2) is 57.4 Å². The van der Waals surface area contributed by atoms with E-state index in [-0.39, 0.29) is 24.3 Å². The molecular weight excluding hydrogens is 438 g/mol. The molecule has 33 heavy (non-hydrogen) atoms. The second-order valence-corrected chi connectivity index (χ2v) is 9.43. The molecule has 9 heteroatoms. The summed E-state index contributed by atoms with van der Waals surface area (Å²) in [6.07, 6.45) is 6.13. The van der Waals surface area contributed by atoms with Gasteiger partial charge < -0.3 is 19.5 Å². The zero-order chi connectivity index (χ0) is 23.8. The highest BCUT2D eigenvalue weighted by Crippen LogP contribution is 2.24. The zero-order valence-corrected chi connectivity index (χ0v) is 20.9. The van der Waals surface area contributed by atoms with E-state index in [1.807, 2.05) is 54.6 Å². The summed E-state index contributed by atoms with van der Waals surface area (Å²) in [5, 5.41) is 12.3. The molecule has 0 spiro atoms. The lowest BCUT2D eigenvalue weighted by Crippen LogP contribution is -2.39. The molecule has 0 bridgehead atoms. The molecule has 0 saturated heterocycles. The predicted octanol–water partition coefficient (Wildman–Crippen LogP) is 3.61. The third-order valence-corrected chi connectivity index (χ3v) is 7.14. The lowest BCUT2D eigenvalue weighted by molar-refractivity contribution is -0.129. The monoisotopic (exact) mass is 473 g/mol. The van der Waals surface area contributed by atoms with E-state index in [4.69, 9.17) is 4.74 Å². The maximum atomic E-state index is 12.7. The quantitative estimate of drug-likeness (QED) is 0.530. The molecule has 180 valence electrons. The van der Waals surface area contributed by atoms with E-state index in [0.717, 1.165) is 24.2 Å². The molecule has 1 saturated carbocycles. The van der Waals surface area contributed by atoms with Gasteiger partial charge in [0.1, 0.15) is 5.75 Å². The number of thioether (sulfide) groups is 1. The van der Waals surface area contributed by atoms with Gasteiger partial charge in [0.15, 0.2) is 11.0 Å². The minimum atomic E-state index is -0.293. The van der Waals surface area contributed by atoms with E-state index in [9.17, 15) is 9.59 Å². The number of hydrogen-bond donors (Lipinski definition) is 1. The van der Waals surface area contributed by atoms with Crippen LogP contribution in [0.25, 0.3) is 0 Å². The summed E-state index contributed by atoms with van der Waals surface area (Å²) >= 11 is 1.41. The number of ether oxygens (including phenoxy) is 1. The van der Waals surface area contributed by atoms with Gasteiger partial charge in [0.25, 0.3) is 0 Å². The third-order valence-electron chi connectivity index (χ3n) is 6.19. The smallest absolute Gasteiger partial charge is 0.233 e. The van der Waals surface area contributed by atoms with Crippen LogP contribution in [0.1, 0.15) is 63.4 Å². The first-order chi connectivity index (χ1) is 15.9. The number of methoxy groups -OCH3 is 1. The maximum Gasteiger partial charge on any atom is 0.233 e. The van der Waals surface area contributed by atoms with Crippen LogP contribution in [0, 0.1) is 0 Å². The van der Waals surface area contributed by atoms with Crippen molar-refractivity contribution in [2.45, 2.75) is 76.2 Å². The van der Waals surface area contributed by atoms with Gasteiger partial charge in [-0.3, -0.25) is 9.59 Å². The molecule has 0 radical (unpaired) electrons. The normalized spacial score (nSPS) is 15.2. The molecule has 2 amide bonds. The number of carbonyl (C=O) groups excluding carboxylic acids is 2. The van der Waals surface area contributed by atoms with Crippen molar-refractivity contribution in [3.63, 3.8) is 0 Å². The molecular formula is C24H35N5O3S. The lowest BCUT2D eigenvalue weighted by atomic mass is 9.94. The van der Waals surface area contributed by atoms with E-state index in [1.165, 1.54) is 31.0 Å². The van der Waals surface area contributed by atoms with Gasteiger partial charge >= 0.3 is 0 Å². The van der Waals surface area contributed by atoms with Crippen molar-refractivity contribution in [3.05, 3.63) is 35.7 Å². The van der Waals surface area contributed by atoms with E-state index in [0.29, 0.717) is 29.3 Å². The summed E-state index contributed by atoms with van der Waals surface area (Å²) in [4.78, 5) is 27.1. The fraction of sp³-hybridized carbons (Fsp3) is 0.583. The van der Waals surface area contributed by atoms with E-state index < -0.39 is 0 Å². The van der Waals surface area contributed by atoms with Crippen molar-refractivity contribution >= 4 is 23.6 Å². The Labute approximate surface area is 200 Å². The summed E-state index contributed by atoms with van der Waals surface area (Å²) in [6.45, 7) is 4.58. The van der Waals surface area contributed by atoms with Gasteiger partial charge in [0.2, 0.25) is 11.8 Å². The number of carbonyl (C=O) groups is 2. The van der Waals surface area contributed by atoms with Crippen molar-refractivity contribution in [1.82, 2.24) is 25.0 Å². The second-order valence-electron chi connectivity index (χ2n) is 8.48. The number of nitrogens with zero attached hydrogens (tertiary/aromatic N) is 4. The van der Waals surface area contributed by atoms with Crippen molar-refractivity contribution in [2.75, 3.05) is 19.9 Å². The van der Waals surface area contributed by atoms with Crippen molar-refractivity contribution in [3.8, 4) is 5.75 Å². The number of hydrogen-bond acceptors (Lipinski definition) is 6. The molecule has 0 aliphatic heterocycles. The summed E-state index contributed by atoms with van der Waals surface area (Å²) in [5.74, 6) is 1.83. The van der Waals surface area contributed by atoms with Gasteiger partial charge in [-0.05, 0) is 44.4 Å². The Bertz CT molecular complexity index is 925. The summed E-state index contributed by atoms with van der Waals surface area (Å²) in [5.41, 5.74) is 0.911. The Hall–Kier alpha value is -2.55. The molecule has 1 aliphatic carbocycles. The molecule has 1 atom stereocenters. The van der Waals surface area contributed by atoms with Crippen LogP contribution in [0.3, 0.4) is 0 Å². The molecule has 1 aliphatic rings. The van der Waals surface area contributed by atoms with Gasteiger partial charge in [0, 0.05) is 19.6 Å². The fourth-order valence-electron chi connectivity index (χ4n) is 4.21. The summed E-state index contributed by atoms with van der Waals surface area (Å²) < 4.78 is 7.13. The topological polar surface area (TPSA) is 89.4 Å². The highest BCUT2D eigenvalue weighted by molar-refractivity contribution is 7.99. The minimum absolute atomic E-state index is 0.0863. The predicted molar refractivity (Wildman–Crippen MR) is 129 cm³/mol. The Balaban J connectivity index is 1.55. The average molecular weight is 474 g/mol. The van der Waals surface area contributed by atoms with Gasteiger partial charge in [0.05, 0.1) is 25.3 Å². The SMILES string of the molecule is CCn1c(SCC(=O)N(C)C2CCCCC2)nnc1C(C)NC(=O)Cc1ccc(OC)cc1. The fourth-order valence-corrected chi connectivity index (χ4v) is 5.14. The van der Waals surface area contributed by atoms with Crippen molar-refractivity contribution in [1.29, 1.82) is 0 Å². The second kappa shape index (κ2) is 12.1. The number of aromatic nitrogens is 3. The largest absolute Gasteiger partial charge is 0.497 e. The Morgan fingerprint density at radius 2 is 1.91 bits per heavy atom. The number of amides is 2. The molecule has 1 aromatic carbocycles. The summed E-state index contributed by atoms with van der Waals surface area (Å²) in [7, 11) is 3.53. The highest BCUT2D eigenvalue weighted by Gasteiger charge is 2.24. The molecule has 1 unspecified atom stereocenters. The first kappa shape index (κ1) is 25.1. The Morgan fingerprint density at radius 3 is 2.55 bits per heavy atom. The lowest BCUT2D eigenvalue weighted by Gasteiger charge is -2.31. The molecule has 2 aromatic rings. The van der Waals surface area contributed by atoms with Crippen LogP contribution in [0.5, 0.6) is 5.75 Å². The Morgan fingerprint density at radius 1 is 1.21 bits per heavy atom. The first-order valence-corrected chi connectivity index (χ1v) is 12.6. The van der Waals surface area contributed by atoms with Gasteiger partial charge in [-0.2, -0.15) is 0 Å². The van der Waals surface area contributed by atoms with Crippen LogP contribution < -0.4 is 10.1 Å². The van der Waals surface area contributed by atoms with Crippen molar-refractivity contribution in [2.24, 2.45) is 0 Å². The highest BCUT2D eigenvalue weighted by atomic mass is 32.2. The van der Waals surface area contributed by atoms with Crippen LogP contribution in [0.15, 0.2) is 29.4 Å². The van der Waals surface area contributed by atoms with Gasteiger partial charge in [-0.15, -0.1) is 10.2 Å². The van der Waals surface area contributed by atoms with E-state index in [2.05, 4.69) is 15.5 Å². The number of benzene rings is 1. The van der Waals surface area contributed by atoms with Crippen molar-refractivity contribution < 1.29 is 14.3 Å². The maximum absolute atomic E-state index is 12.7. The van der Waals surface area contributed by atoms with Crippen LogP contribution in [0.2, 0.25) is 0 Å². The standard InChI is InChI=1S/C24H35N5O3S/c1-5-29-23(17(2)25-21(30)15-18-11-13-20(32-4)14-12-18)26-27-24(29)33-16-22(31)28(3)19-9-7-6-8-10-19/h11-14,17,19H,5-10,15-16H2,1-4H3,(H,25,30). The molecule has 3 rings (SSSR count). The number of nitrogens with one attached hydrogen (secondary N) is 1. The molecule has 8 nitrogen and oxygen atoms in total. The minimum Gasteiger partial charge on any atom is -0.497 e. The van der Waals surface area contributed by atoms with E-state index >= 15 is 0 Å². The summed E-state index contributed by atoms with van der Waals surface area (Å²) in [6, 6.07) is 7.51.